The number of aryl methyl sites for hydroxylation is 2. The van der Waals surface area contributed by atoms with E-state index < -0.39 is 0 Å². The molecule has 1 aromatic carbocycles. The Morgan fingerprint density at radius 3 is 2.55 bits per heavy atom. The summed E-state index contributed by atoms with van der Waals surface area (Å²) < 4.78 is 0. The second kappa shape index (κ2) is 8.95. The molecule has 1 fully saturated rings. The number of aromatic nitrogens is 2. The standard InChI is InChI=1S/C25H35N5O/c1-16-6-7-21(14-17(16)2)18(3)26-25-22-15-30(19(4)31)13-10-23(22)27-24(28-25)20-8-11-29(5)12-9-20/h6-7,14,18,20H,8-13,15H2,1-5H3,(H,26,27,28). The minimum atomic E-state index is 0.109. The quantitative estimate of drug-likeness (QED) is 0.809. The second-order valence-electron chi connectivity index (χ2n) is 9.33. The van der Waals surface area contributed by atoms with Crippen molar-refractivity contribution in [2.24, 2.45) is 0 Å². The number of hydrogen-bond donors (Lipinski definition) is 1. The highest BCUT2D eigenvalue weighted by atomic mass is 16.2. The van der Waals surface area contributed by atoms with Crippen molar-refractivity contribution in [1.29, 1.82) is 0 Å². The lowest BCUT2D eigenvalue weighted by molar-refractivity contribution is -0.129. The lowest BCUT2D eigenvalue weighted by Crippen LogP contribution is -2.36. The molecular formula is C25H35N5O. The second-order valence-corrected chi connectivity index (χ2v) is 9.33. The van der Waals surface area contributed by atoms with Crippen molar-refractivity contribution in [3.63, 3.8) is 0 Å². The van der Waals surface area contributed by atoms with E-state index >= 15 is 0 Å². The Morgan fingerprint density at radius 2 is 1.87 bits per heavy atom. The fourth-order valence-electron chi connectivity index (χ4n) is 4.59. The molecule has 0 aliphatic carbocycles. The van der Waals surface area contributed by atoms with Crippen LogP contribution >= 0.6 is 0 Å². The van der Waals surface area contributed by atoms with Crippen molar-refractivity contribution in [1.82, 2.24) is 19.8 Å². The first kappa shape index (κ1) is 21.8. The van der Waals surface area contributed by atoms with Crippen LogP contribution in [0.25, 0.3) is 0 Å². The third-order valence-electron chi connectivity index (χ3n) is 6.99. The number of likely N-dealkylation sites (tertiary alicyclic amines) is 1. The van der Waals surface area contributed by atoms with Gasteiger partial charge in [-0.05, 0) is 70.4 Å². The van der Waals surface area contributed by atoms with Gasteiger partial charge >= 0.3 is 0 Å². The van der Waals surface area contributed by atoms with Gasteiger partial charge in [-0.1, -0.05) is 18.2 Å². The molecule has 1 saturated heterocycles. The lowest BCUT2D eigenvalue weighted by atomic mass is 9.95. The Hall–Kier alpha value is -2.47. The van der Waals surface area contributed by atoms with E-state index in [2.05, 4.69) is 56.2 Å². The zero-order valence-electron chi connectivity index (χ0n) is 19.5. The number of fused-ring (bicyclic) bond motifs is 1. The fraction of sp³-hybridized carbons (Fsp3) is 0.560. The summed E-state index contributed by atoms with van der Waals surface area (Å²) >= 11 is 0. The fourth-order valence-corrected chi connectivity index (χ4v) is 4.59. The Bertz CT molecular complexity index is 965. The summed E-state index contributed by atoms with van der Waals surface area (Å²) in [6.45, 7) is 11.6. The molecule has 4 rings (SSSR count). The van der Waals surface area contributed by atoms with E-state index in [-0.39, 0.29) is 11.9 Å². The molecule has 166 valence electrons. The summed E-state index contributed by atoms with van der Waals surface area (Å²) in [4.78, 5) is 26.4. The molecule has 0 bridgehead atoms. The summed E-state index contributed by atoms with van der Waals surface area (Å²) in [7, 11) is 2.18. The number of hydrogen-bond acceptors (Lipinski definition) is 5. The van der Waals surface area contributed by atoms with E-state index in [9.17, 15) is 4.79 Å². The van der Waals surface area contributed by atoms with Gasteiger partial charge in [-0.25, -0.2) is 9.97 Å². The predicted molar refractivity (Wildman–Crippen MR) is 124 cm³/mol. The molecule has 6 nitrogen and oxygen atoms in total. The average molecular weight is 422 g/mol. The van der Waals surface area contributed by atoms with Gasteiger partial charge in [0.2, 0.25) is 5.91 Å². The number of nitrogens with one attached hydrogen (secondary N) is 1. The number of rotatable bonds is 4. The molecule has 2 aliphatic heterocycles. The highest BCUT2D eigenvalue weighted by Gasteiger charge is 2.28. The van der Waals surface area contributed by atoms with Crippen LogP contribution in [0.1, 0.15) is 72.4 Å². The van der Waals surface area contributed by atoms with Crippen LogP contribution in [0.15, 0.2) is 18.2 Å². The maximum absolute atomic E-state index is 12.0. The molecular weight excluding hydrogens is 386 g/mol. The molecule has 1 amide bonds. The molecule has 2 aromatic rings. The average Bonchev–Trinajstić information content (AvgIpc) is 2.75. The lowest BCUT2D eigenvalue weighted by Gasteiger charge is -2.32. The Morgan fingerprint density at radius 1 is 1.13 bits per heavy atom. The van der Waals surface area contributed by atoms with E-state index in [1.165, 1.54) is 16.7 Å². The first-order chi connectivity index (χ1) is 14.8. The first-order valence-corrected chi connectivity index (χ1v) is 11.5. The van der Waals surface area contributed by atoms with Gasteiger partial charge in [0, 0.05) is 37.4 Å². The summed E-state index contributed by atoms with van der Waals surface area (Å²) in [5.74, 6) is 2.39. The van der Waals surface area contributed by atoms with Crippen molar-refractivity contribution in [2.45, 2.75) is 65.5 Å². The molecule has 31 heavy (non-hydrogen) atoms. The van der Waals surface area contributed by atoms with Crippen LogP contribution in [0.4, 0.5) is 5.82 Å². The molecule has 0 saturated carbocycles. The zero-order chi connectivity index (χ0) is 22.1. The summed E-state index contributed by atoms with van der Waals surface area (Å²) in [6.07, 6.45) is 2.99. The zero-order valence-corrected chi connectivity index (χ0v) is 19.5. The van der Waals surface area contributed by atoms with Gasteiger partial charge in [-0.3, -0.25) is 4.79 Å². The molecule has 1 N–H and O–H groups in total. The number of benzene rings is 1. The van der Waals surface area contributed by atoms with Gasteiger partial charge in [-0.2, -0.15) is 0 Å². The van der Waals surface area contributed by atoms with E-state index in [0.717, 1.165) is 61.8 Å². The van der Waals surface area contributed by atoms with Crippen molar-refractivity contribution < 1.29 is 4.79 Å². The number of anilines is 1. The van der Waals surface area contributed by atoms with Crippen molar-refractivity contribution in [3.05, 3.63) is 52.0 Å². The first-order valence-electron chi connectivity index (χ1n) is 11.5. The maximum atomic E-state index is 12.0. The van der Waals surface area contributed by atoms with Crippen LogP contribution in [0, 0.1) is 13.8 Å². The highest BCUT2D eigenvalue weighted by Crippen LogP contribution is 2.32. The summed E-state index contributed by atoms with van der Waals surface area (Å²) in [5.41, 5.74) is 6.03. The largest absolute Gasteiger partial charge is 0.363 e. The maximum Gasteiger partial charge on any atom is 0.219 e. The van der Waals surface area contributed by atoms with Gasteiger partial charge < -0.3 is 15.1 Å². The van der Waals surface area contributed by atoms with Crippen LogP contribution in [0.5, 0.6) is 0 Å². The summed E-state index contributed by atoms with van der Waals surface area (Å²) in [5, 5.41) is 3.68. The van der Waals surface area contributed by atoms with E-state index in [1.54, 1.807) is 6.92 Å². The molecule has 1 unspecified atom stereocenters. The van der Waals surface area contributed by atoms with Gasteiger partial charge in [-0.15, -0.1) is 0 Å². The van der Waals surface area contributed by atoms with E-state index in [0.29, 0.717) is 12.5 Å². The van der Waals surface area contributed by atoms with Crippen LogP contribution < -0.4 is 5.32 Å². The van der Waals surface area contributed by atoms with Crippen molar-refractivity contribution in [2.75, 3.05) is 32.0 Å². The normalized spacial score (nSPS) is 18.5. The highest BCUT2D eigenvalue weighted by molar-refractivity contribution is 5.74. The van der Waals surface area contributed by atoms with Gasteiger partial charge in [0.05, 0.1) is 12.2 Å². The molecule has 0 spiro atoms. The van der Waals surface area contributed by atoms with Crippen LogP contribution in [-0.4, -0.2) is 52.4 Å². The Labute approximate surface area is 186 Å². The molecule has 3 heterocycles. The number of piperidine rings is 1. The van der Waals surface area contributed by atoms with Crippen LogP contribution in [0.3, 0.4) is 0 Å². The van der Waals surface area contributed by atoms with Crippen molar-refractivity contribution in [3.8, 4) is 0 Å². The van der Waals surface area contributed by atoms with Gasteiger partial charge in [0.25, 0.3) is 0 Å². The Balaban J connectivity index is 1.67. The predicted octanol–water partition coefficient (Wildman–Crippen LogP) is 3.98. The summed E-state index contributed by atoms with van der Waals surface area (Å²) in [6, 6.07) is 6.74. The third-order valence-corrected chi connectivity index (χ3v) is 6.99. The molecule has 2 aliphatic rings. The minimum absolute atomic E-state index is 0.109. The van der Waals surface area contributed by atoms with Crippen LogP contribution in [-0.2, 0) is 17.8 Å². The van der Waals surface area contributed by atoms with E-state index in [4.69, 9.17) is 9.97 Å². The number of amides is 1. The molecule has 1 aromatic heterocycles. The van der Waals surface area contributed by atoms with Gasteiger partial charge in [0.15, 0.2) is 0 Å². The van der Waals surface area contributed by atoms with Crippen LogP contribution in [0.2, 0.25) is 0 Å². The SMILES string of the molecule is CC(=O)N1CCc2nc(C3CCN(C)CC3)nc(NC(C)c3ccc(C)c(C)c3)c2C1. The molecule has 1 atom stereocenters. The number of carbonyl (C=O) groups is 1. The monoisotopic (exact) mass is 421 g/mol. The third kappa shape index (κ3) is 4.74. The Kier molecular flexibility index (Phi) is 6.28. The molecule has 0 radical (unpaired) electrons. The van der Waals surface area contributed by atoms with Gasteiger partial charge in [0.1, 0.15) is 11.6 Å². The van der Waals surface area contributed by atoms with E-state index in [1.807, 2.05) is 4.90 Å². The minimum Gasteiger partial charge on any atom is -0.363 e. The number of nitrogens with zero attached hydrogens (tertiary/aromatic N) is 4. The smallest absolute Gasteiger partial charge is 0.219 e. The topological polar surface area (TPSA) is 61.4 Å². The van der Waals surface area contributed by atoms with Crippen molar-refractivity contribution >= 4 is 11.7 Å². The molecule has 6 heteroatoms. The number of carbonyl (C=O) groups excluding carboxylic acids is 1.